The monoisotopic (exact) mass is 266 g/mol. The molecule has 0 aliphatic carbocycles. The average molecular weight is 266 g/mol. The van der Waals surface area contributed by atoms with E-state index in [4.69, 9.17) is 12.2 Å². The largest absolute Gasteiger partial charge is 0.349 e. The van der Waals surface area contributed by atoms with Crippen LogP contribution in [0.5, 0.6) is 0 Å². The fourth-order valence-electron chi connectivity index (χ4n) is 1.99. The lowest BCUT2D eigenvalue weighted by Crippen LogP contribution is -2.45. The molecule has 0 aromatic heterocycles. The van der Waals surface area contributed by atoms with Crippen LogP contribution in [0.25, 0.3) is 0 Å². The first-order valence-corrected chi connectivity index (χ1v) is 6.44. The first-order valence-electron chi connectivity index (χ1n) is 6.03. The molecule has 1 N–H and O–H groups in total. The normalized spacial score (nSPS) is 15.3. The highest BCUT2D eigenvalue weighted by Crippen LogP contribution is 2.10. The van der Waals surface area contributed by atoms with Crippen LogP contribution in [0.3, 0.4) is 0 Å². The van der Waals surface area contributed by atoms with E-state index in [0.29, 0.717) is 5.11 Å². The van der Waals surface area contributed by atoms with Gasteiger partial charge in [-0.25, -0.2) is 4.39 Å². The number of amides is 1. The fraction of sp³-hybridized carbons (Fsp3) is 0.385. The van der Waals surface area contributed by atoms with Crippen LogP contribution in [0.2, 0.25) is 0 Å². The van der Waals surface area contributed by atoms with Crippen molar-refractivity contribution in [2.45, 2.75) is 19.3 Å². The van der Waals surface area contributed by atoms with Crippen molar-refractivity contribution in [3.8, 4) is 0 Å². The molecule has 0 unspecified atom stereocenters. The minimum atomic E-state index is -0.531. The molecule has 18 heavy (non-hydrogen) atoms. The third-order valence-corrected chi connectivity index (χ3v) is 3.34. The highest BCUT2D eigenvalue weighted by Gasteiger charge is 2.17. The van der Waals surface area contributed by atoms with Crippen LogP contribution in [-0.2, 0) is 0 Å². The van der Waals surface area contributed by atoms with Gasteiger partial charge in [0.1, 0.15) is 5.82 Å². The Hall–Kier alpha value is -1.49. The molecule has 1 heterocycles. The van der Waals surface area contributed by atoms with Crippen molar-refractivity contribution in [1.82, 2.24) is 10.2 Å². The fourth-order valence-corrected chi connectivity index (χ4v) is 2.26. The molecular weight excluding hydrogens is 251 g/mol. The summed E-state index contributed by atoms with van der Waals surface area (Å²) in [6.45, 7) is 1.72. The second kappa shape index (κ2) is 5.91. The van der Waals surface area contributed by atoms with Gasteiger partial charge in [0.05, 0.1) is 5.56 Å². The average Bonchev–Trinajstić information content (AvgIpc) is 2.40. The number of nitrogens with one attached hydrogen (secondary N) is 1. The molecule has 0 atom stereocenters. The number of piperidine rings is 1. The maximum atomic E-state index is 13.4. The minimum absolute atomic E-state index is 0.0249. The molecule has 1 aliphatic rings. The van der Waals surface area contributed by atoms with Crippen LogP contribution in [0.15, 0.2) is 24.3 Å². The highest BCUT2D eigenvalue weighted by atomic mass is 32.1. The summed E-state index contributed by atoms with van der Waals surface area (Å²) in [5, 5.41) is 2.98. The predicted octanol–water partition coefficient (Wildman–Crippen LogP) is 2.33. The molecule has 1 fully saturated rings. The zero-order valence-corrected chi connectivity index (χ0v) is 10.8. The molecule has 1 amide bonds. The quantitative estimate of drug-likeness (QED) is 0.792. The third kappa shape index (κ3) is 3.04. The molecule has 2 rings (SSSR count). The summed E-state index contributed by atoms with van der Waals surface area (Å²) >= 11 is 5.16. The van der Waals surface area contributed by atoms with Crippen molar-refractivity contribution in [3.05, 3.63) is 35.6 Å². The molecule has 3 nitrogen and oxygen atoms in total. The van der Waals surface area contributed by atoms with Gasteiger partial charge in [0.25, 0.3) is 5.91 Å². The lowest BCUT2D eigenvalue weighted by Gasteiger charge is -2.28. The van der Waals surface area contributed by atoms with Crippen molar-refractivity contribution >= 4 is 23.2 Å². The molecule has 5 heteroatoms. The minimum Gasteiger partial charge on any atom is -0.349 e. The Morgan fingerprint density at radius 1 is 1.22 bits per heavy atom. The van der Waals surface area contributed by atoms with Gasteiger partial charge in [-0.05, 0) is 43.6 Å². The smallest absolute Gasteiger partial charge is 0.260 e. The van der Waals surface area contributed by atoms with Crippen LogP contribution >= 0.6 is 12.2 Å². The molecule has 0 saturated carbocycles. The molecule has 1 aromatic carbocycles. The van der Waals surface area contributed by atoms with E-state index >= 15 is 0 Å². The van der Waals surface area contributed by atoms with Gasteiger partial charge in [0, 0.05) is 13.1 Å². The van der Waals surface area contributed by atoms with E-state index in [0.717, 1.165) is 25.9 Å². The van der Waals surface area contributed by atoms with Crippen LogP contribution in [0, 0.1) is 5.82 Å². The summed E-state index contributed by atoms with van der Waals surface area (Å²) in [5.41, 5.74) is 0.0249. The second-order valence-electron chi connectivity index (χ2n) is 4.29. The zero-order valence-electron chi connectivity index (χ0n) is 9.99. The molecule has 96 valence electrons. The number of carbonyl (C=O) groups is 1. The first kappa shape index (κ1) is 13.0. The molecule has 1 aliphatic heterocycles. The Morgan fingerprint density at radius 2 is 1.89 bits per heavy atom. The van der Waals surface area contributed by atoms with Gasteiger partial charge in [-0.3, -0.25) is 10.1 Å². The molecule has 0 bridgehead atoms. The van der Waals surface area contributed by atoms with E-state index in [-0.39, 0.29) is 5.56 Å². The van der Waals surface area contributed by atoms with Gasteiger partial charge in [-0.2, -0.15) is 0 Å². The summed E-state index contributed by atoms with van der Waals surface area (Å²) in [7, 11) is 0. The van der Waals surface area contributed by atoms with Crippen LogP contribution < -0.4 is 5.32 Å². The molecular formula is C13H15FN2OS. The molecule has 0 spiro atoms. The maximum absolute atomic E-state index is 13.4. The van der Waals surface area contributed by atoms with E-state index in [1.54, 1.807) is 12.1 Å². The van der Waals surface area contributed by atoms with Gasteiger partial charge >= 0.3 is 0 Å². The first-order chi connectivity index (χ1) is 8.68. The highest BCUT2D eigenvalue weighted by molar-refractivity contribution is 7.80. The van der Waals surface area contributed by atoms with Crippen molar-refractivity contribution in [2.24, 2.45) is 0 Å². The van der Waals surface area contributed by atoms with Crippen LogP contribution in [0.1, 0.15) is 29.6 Å². The number of likely N-dealkylation sites (tertiary alicyclic amines) is 1. The van der Waals surface area contributed by atoms with Crippen molar-refractivity contribution < 1.29 is 9.18 Å². The van der Waals surface area contributed by atoms with E-state index in [1.807, 2.05) is 4.90 Å². The number of rotatable bonds is 1. The summed E-state index contributed by atoms with van der Waals surface area (Å²) < 4.78 is 13.4. The summed E-state index contributed by atoms with van der Waals surface area (Å²) in [6.07, 6.45) is 3.35. The Balaban J connectivity index is 1.99. The summed E-state index contributed by atoms with van der Waals surface area (Å²) in [4.78, 5) is 13.8. The van der Waals surface area contributed by atoms with Gasteiger partial charge in [-0.15, -0.1) is 0 Å². The van der Waals surface area contributed by atoms with E-state index in [2.05, 4.69) is 5.32 Å². The third-order valence-electron chi connectivity index (χ3n) is 2.98. The van der Waals surface area contributed by atoms with Gasteiger partial charge < -0.3 is 4.90 Å². The Bertz CT molecular complexity index is 458. The standard InChI is InChI=1S/C13H15FN2OS/c14-11-7-3-2-6-10(11)12(17)15-13(18)16-8-4-1-5-9-16/h2-3,6-7H,1,4-5,8-9H2,(H,15,17,18). The SMILES string of the molecule is O=C(NC(=S)N1CCCCC1)c1ccccc1F. The van der Waals surface area contributed by atoms with E-state index in [1.165, 1.54) is 18.6 Å². The molecule has 1 aromatic rings. The Labute approximate surface area is 111 Å². The van der Waals surface area contributed by atoms with E-state index in [9.17, 15) is 9.18 Å². The number of hydrogen-bond acceptors (Lipinski definition) is 2. The van der Waals surface area contributed by atoms with Crippen molar-refractivity contribution in [2.75, 3.05) is 13.1 Å². The van der Waals surface area contributed by atoms with Crippen molar-refractivity contribution in [3.63, 3.8) is 0 Å². The maximum Gasteiger partial charge on any atom is 0.260 e. The second-order valence-corrected chi connectivity index (χ2v) is 4.67. The molecule has 1 saturated heterocycles. The van der Waals surface area contributed by atoms with Crippen LogP contribution in [0.4, 0.5) is 4.39 Å². The molecule has 0 radical (unpaired) electrons. The Morgan fingerprint density at radius 3 is 2.56 bits per heavy atom. The lowest BCUT2D eigenvalue weighted by molar-refractivity contribution is 0.0968. The predicted molar refractivity (Wildman–Crippen MR) is 71.9 cm³/mol. The number of halogens is 1. The van der Waals surface area contributed by atoms with Gasteiger partial charge in [0.2, 0.25) is 0 Å². The number of carbonyl (C=O) groups excluding carboxylic acids is 1. The Kier molecular flexibility index (Phi) is 4.25. The summed E-state index contributed by atoms with van der Waals surface area (Å²) in [6, 6.07) is 5.89. The van der Waals surface area contributed by atoms with E-state index < -0.39 is 11.7 Å². The number of thiocarbonyl (C=S) groups is 1. The number of nitrogens with zero attached hydrogens (tertiary/aromatic N) is 1. The number of hydrogen-bond donors (Lipinski definition) is 1. The van der Waals surface area contributed by atoms with Crippen molar-refractivity contribution in [1.29, 1.82) is 0 Å². The zero-order chi connectivity index (χ0) is 13.0. The topological polar surface area (TPSA) is 32.3 Å². The van der Waals surface area contributed by atoms with Gasteiger partial charge in [0.15, 0.2) is 5.11 Å². The van der Waals surface area contributed by atoms with Gasteiger partial charge in [-0.1, -0.05) is 12.1 Å². The van der Waals surface area contributed by atoms with Crippen LogP contribution in [-0.4, -0.2) is 29.0 Å². The number of benzene rings is 1. The lowest BCUT2D eigenvalue weighted by atomic mass is 10.1. The summed E-state index contributed by atoms with van der Waals surface area (Å²) in [5.74, 6) is -1.01.